The van der Waals surface area contributed by atoms with Gasteiger partial charge >= 0.3 is 0 Å². The molecule has 1 atom stereocenters. The van der Waals surface area contributed by atoms with Gasteiger partial charge in [-0.2, -0.15) is 0 Å². The number of hydrogen-bond donors (Lipinski definition) is 0. The molecule has 0 saturated carbocycles. The Kier molecular flexibility index (Phi) is 3.65. The first-order valence-electron chi connectivity index (χ1n) is 7.11. The molecule has 2 aromatic rings. The van der Waals surface area contributed by atoms with Crippen LogP contribution in [0.1, 0.15) is 24.7 Å². The molecule has 19 heavy (non-hydrogen) atoms. The molecule has 3 rings (SSSR count). The van der Waals surface area contributed by atoms with Crippen molar-refractivity contribution in [3.8, 4) is 0 Å². The van der Waals surface area contributed by atoms with Crippen LogP contribution in [0.25, 0.3) is 0 Å². The van der Waals surface area contributed by atoms with E-state index < -0.39 is 0 Å². The highest BCUT2D eigenvalue weighted by Gasteiger charge is 2.20. The van der Waals surface area contributed by atoms with Crippen LogP contribution in [0.2, 0.25) is 0 Å². The summed E-state index contributed by atoms with van der Waals surface area (Å²) in [5, 5.41) is 0. The highest BCUT2D eigenvalue weighted by Crippen LogP contribution is 2.16. The Morgan fingerprint density at radius 3 is 2.89 bits per heavy atom. The van der Waals surface area contributed by atoms with Gasteiger partial charge in [0.1, 0.15) is 5.82 Å². The second-order valence-corrected chi connectivity index (χ2v) is 5.38. The van der Waals surface area contributed by atoms with E-state index in [-0.39, 0.29) is 0 Å². The molecule has 0 N–H and O–H groups in total. The Bertz CT molecular complexity index is 518. The third kappa shape index (κ3) is 2.87. The zero-order valence-electron chi connectivity index (χ0n) is 11.5. The molecule has 2 heterocycles. The Labute approximate surface area is 114 Å². The largest absolute Gasteiger partial charge is 0.333 e. The van der Waals surface area contributed by atoms with Crippen molar-refractivity contribution >= 4 is 0 Å². The molecule has 1 unspecified atom stereocenters. The second kappa shape index (κ2) is 5.57. The van der Waals surface area contributed by atoms with Gasteiger partial charge in [-0.15, -0.1) is 0 Å². The van der Waals surface area contributed by atoms with Crippen molar-refractivity contribution in [3.63, 3.8) is 0 Å². The van der Waals surface area contributed by atoms with Crippen LogP contribution >= 0.6 is 0 Å². The quantitative estimate of drug-likeness (QED) is 0.837. The molecule has 0 radical (unpaired) electrons. The zero-order chi connectivity index (χ0) is 13.1. The highest BCUT2D eigenvalue weighted by molar-refractivity contribution is 5.14. The minimum absolute atomic E-state index is 0.616. The maximum absolute atomic E-state index is 4.43. The normalized spacial score (nSPS) is 17.1. The lowest BCUT2D eigenvalue weighted by atomic mass is 10.0. The number of fused-ring (bicyclic) bond motifs is 1. The average Bonchev–Trinajstić information content (AvgIpc) is 2.93. The highest BCUT2D eigenvalue weighted by atomic mass is 15.2. The van der Waals surface area contributed by atoms with Crippen LogP contribution in [0.3, 0.4) is 0 Å². The van der Waals surface area contributed by atoms with Gasteiger partial charge in [-0.25, -0.2) is 4.98 Å². The van der Waals surface area contributed by atoms with E-state index >= 15 is 0 Å². The zero-order valence-corrected chi connectivity index (χ0v) is 11.5. The van der Waals surface area contributed by atoms with E-state index in [1.807, 2.05) is 6.20 Å². The van der Waals surface area contributed by atoms with E-state index in [1.54, 1.807) is 0 Å². The predicted octanol–water partition coefficient (Wildman–Crippen LogP) is 2.72. The second-order valence-electron chi connectivity index (χ2n) is 5.38. The SMILES string of the molecule is CC(CCc1ccccc1)N1CCn2ccnc2C1. The summed E-state index contributed by atoms with van der Waals surface area (Å²) >= 11 is 0. The number of aryl methyl sites for hydroxylation is 1. The third-order valence-electron chi connectivity index (χ3n) is 4.09. The topological polar surface area (TPSA) is 21.1 Å². The molecule has 0 aliphatic carbocycles. The molecule has 0 amide bonds. The van der Waals surface area contributed by atoms with Crippen molar-refractivity contribution in [2.24, 2.45) is 0 Å². The molecule has 0 bridgehead atoms. The number of rotatable bonds is 4. The first-order valence-corrected chi connectivity index (χ1v) is 7.11. The van der Waals surface area contributed by atoms with Crippen LogP contribution < -0.4 is 0 Å². The summed E-state index contributed by atoms with van der Waals surface area (Å²) in [6, 6.07) is 11.4. The minimum atomic E-state index is 0.616. The Hall–Kier alpha value is -1.61. The summed E-state index contributed by atoms with van der Waals surface area (Å²) in [7, 11) is 0. The van der Waals surface area contributed by atoms with Crippen LogP contribution in [-0.4, -0.2) is 27.0 Å². The molecule has 100 valence electrons. The summed E-state index contributed by atoms with van der Waals surface area (Å²) < 4.78 is 2.26. The molecule has 0 spiro atoms. The number of imidazole rings is 1. The van der Waals surface area contributed by atoms with Gasteiger partial charge < -0.3 is 4.57 Å². The summed E-state index contributed by atoms with van der Waals surface area (Å²) in [6.07, 6.45) is 6.37. The molecular formula is C16H21N3. The lowest BCUT2D eigenvalue weighted by molar-refractivity contribution is 0.156. The van der Waals surface area contributed by atoms with E-state index in [4.69, 9.17) is 0 Å². The van der Waals surface area contributed by atoms with Crippen molar-refractivity contribution < 1.29 is 0 Å². The first-order chi connectivity index (χ1) is 9.33. The van der Waals surface area contributed by atoms with Crippen LogP contribution in [0, 0.1) is 0 Å². The van der Waals surface area contributed by atoms with Crippen molar-refractivity contribution in [1.82, 2.24) is 14.5 Å². The van der Waals surface area contributed by atoms with Crippen LogP contribution in [0.5, 0.6) is 0 Å². The molecule has 0 fully saturated rings. The Morgan fingerprint density at radius 2 is 2.05 bits per heavy atom. The van der Waals surface area contributed by atoms with Gasteiger partial charge in [0.25, 0.3) is 0 Å². The summed E-state index contributed by atoms with van der Waals surface area (Å²) in [5.74, 6) is 1.21. The van der Waals surface area contributed by atoms with E-state index in [0.29, 0.717) is 6.04 Å². The van der Waals surface area contributed by atoms with Crippen LogP contribution in [-0.2, 0) is 19.5 Å². The van der Waals surface area contributed by atoms with Gasteiger partial charge in [0, 0.05) is 31.5 Å². The fraction of sp³-hybridized carbons (Fsp3) is 0.438. The van der Waals surface area contributed by atoms with Crippen molar-refractivity contribution in [2.45, 2.75) is 38.9 Å². The van der Waals surface area contributed by atoms with Gasteiger partial charge in [0.05, 0.1) is 6.54 Å². The van der Waals surface area contributed by atoms with Gasteiger partial charge in [0.15, 0.2) is 0 Å². The molecule has 3 nitrogen and oxygen atoms in total. The molecule has 1 aliphatic heterocycles. The predicted molar refractivity (Wildman–Crippen MR) is 76.9 cm³/mol. The first kappa shape index (κ1) is 12.4. The maximum atomic E-state index is 4.43. The van der Waals surface area contributed by atoms with Crippen LogP contribution in [0.4, 0.5) is 0 Å². The number of nitrogens with zero attached hydrogens (tertiary/aromatic N) is 3. The van der Waals surface area contributed by atoms with Crippen molar-refractivity contribution in [3.05, 3.63) is 54.1 Å². The van der Waals surface area contributed by atoms with E-state index in [9.17, 15) is 0 Å². The standard InChI is InChI=1S/C16H21N3/c1-14(7-8-15-5-3-2-4-6-15)19-12-11-18-10-9-17-16(18)13-19/h2-6,9-10,14H,7-8,11-13H2,1H3. The minimum Gasteiger partial charge on any atom is -0.333 e. The Morgan fingerprint density at radius 1 is 1.21 bits per heavy atom. The maximum Gasteiger partial charge on any atom is 0.122 e. The van der Waals surface area contributed by atoms with E-state index in [1.165, 1.54) is 17.8 Å². The van der Waals surface area contributed by atoms with Gasteiger partial charge in [-0.05, 0) is 25.3 Å². The molecule has 3 heteroatoms. The molecular weight excluding hydrogens is 234 g/mol. The number of aromatic nitrogens is 2. The lowest BCUT2D eigenvalue weighted by Gasteiger charge is -2.32. The van der Waals surface area contributed by atoms with Crippen molar-refractivity contribution in [2.75, 3.05) is 6.54 Å². The van der Waals surface area contributed by atoms with Crippen LogP contribution in [0.15, 0.2) is 42.7 Å². The third-order valence-corrected chi connectivity index (χ3v) is 4.09. The molecule has 1 aliphatic rings. The number of benzene rings is 1. The monoisotopic (exact) mass is 255 g/mol. The van der Waals surface area contributed by atoms with Gasteiger partial charge in [-0.3, -0.25) is 4.90 Å². The lowest BCUT2D eigenvalue weighted by Crippen LogP contribution is -2.39. The number of hydrogen-bond acceptors (Lipinski definition) is 2. The summed E-state index contributed by atoms with van der Waals surface area (Å²) in [4.78, 5) is 6.98. The summed E-state index contributed by atoms with van der Waals surface area (Å²) in [6.45, 7) is 5.54. The van der Waals surface area contributed by atoms with Gasteiger partial charge in [-0.1, -0.05) is 30.3 Å². The molecule has 1 aromatic carbocycles. The van der Waals surface area contributed by atoms with E-state index in [2.05, 4.69) is 57.9 Å². The average molecular weight is 255 g/mol. The molecule has 1 aromatic heterocycles. The smallest absolute Gasteiger partial charge is 0.122 e. The fourth-order valence-corrected chi connectivity index (χ4v) is 2.77. The van der Waals surface area contributed by atoms with Gasteiger partial charge in [0.2, 0.25) is 0 Å². The van der Waals surface area contributed by atoms with Crippen molar-refractivity contribution in [1.29, 1.82) is 0 Å². The fourth-order valence-electron chi connectivity index (χ4n) is 2.77. The van der Waals surface area contributed by atoms with E-state index in [0.717, 1.165) is 26.1 Å². The molecule has 0 saturated heterocycles. The Balaban J connectivity index is 1.55. The summed E-state index contributed by atoms with van der Waals surface area (Å²) in [5.41, 5.74) is 1.44.